The van der Waals surface area contributed by atoms with Gasteiger partial charge in [0.1, 0.15) is 0 Å². The average molecular weight is 415 g/mol. The van der Waals surface area contributed by atoms with Gasteiger partial charge < -0.3 is 0 Å². The minimum atomic E-state index is -3.36. The van der Waals surface area contributed by atoms with E-state index in [1.165, 1.54) is 35.6 Å². The Hall–Kier alpha value is -2.51. The Morgan fingerprint density at radius 1 is 1.07 bits per heavy atom. The van der Waals surface area contributed by atoms with Crippen LogP contribution < -0.4 is 5.32 Å². The van der Waals surface area contributed by atoms with Crippen LogP contribution in [0, 0.1) is 13.8 Å². The molecule has 3 rings (SSSR count). The number of nitrogens with one attached hydrogen (secondary N) is 1. The minimum Gasteiger partial charge on any atom is -0.298 e. The van der Waals surface area contributed by atoms with Gasteiger partial charge in [-0.2, -0.15) is 0 Å². The number of sulfone groups is 1. The molecule has 1 N–H and O–H groups in total. The van der Waals surface area contributed by atoms with Gasteiger partial charge in [-0.3, -0.25) is 10.1 Å². The number of hydrogen-bond acceptors (Lipinski definition) is 5. The van der Waals surface area contributed by atoms with Crippen LogP contribution >= 0.6 is 11.3 Å². The lowest BCUT2D eigenvalue weighted by Crippen LogP contribution is -2.15. The summed E-state index contributed by atoms with van der Waals surface area (Å²) < 4.78 is 24.4. The summed E-state index contributed by atoms with van der Waals surface area (Å²) in [6, 6.07) is 12.1. The number of amides is 1. The van der Waals surface area contributed by atoms with Gasteiger partial charge >= 0.3 is 0 Å². The Balaban J connectivity index is 1.77. The Bertz CT molecular complexity index is 1110. The van der Waals surface area contributed by atoms with Crippen molar-refractivity contribution in [3.63, 3.8) is 0 Å². The lowest BCUT2D eigenvalue weighted by Gasteiger charge is -2.08. The van der Waals surface area contributed by atoms with Crippen molar-refractivity contribution in [2.75, 3.05) is 5.32 Å². The zero-order chi connectivity index (χ0) is 20.5. The Morgan fingerprint density at radius 3 is 2.39 bits per heavy atom. The molecule has 0 aliphatic carbocycles. The highest BCUT2D eigenvalue weighted by Gasteiger charge is 2.19. The van der Waals surface area contributed by atoms with Gasteiger partial charge in [-0.1, -0.05) is 17.7 Å². The molecule has 28 heavy (non-hydrogen) atoms. The standard InChI is InChI=1S/C21H22N2O3S2/c1-13(2)28(25,26)17-9-7-16(8-10-17)20(24)23-21-22-19(12-27-21)18-11-14(3)5-6-15(18)4/h5-13H,1-4H3,(H,22,23,24). The fourth-order valence-electron chi connectivity index (χ4n) is 2.70. The highest BCUT2D eigenvalue weighted by Crippen LogP contribution is 2.28. The Morgan fingerprint density at radius 2 is 1.75 bits per heavy atom. The van der Waals surface area contributed by atoms with E-state index in [1.54, 1.807) is 13.8 Å². The maximum atomic E-state index is 12.5. The van der Waals surface area contributed by atoms with E-state index in [0.717, 1.165) is 22.4 Å². The molecular formula is C21H22N2O3S2. The zero-order valence-electron chi connectivity index (χ0n) is 16.2. The van der Waals surface area contributed by atoms with Crippen LogP contribution in [-0.2, 0) is 9.84 Å². The molecule has 7 heteroatoms. The van der Waals surface area contributed by atoms with Crippen molar-refractivity contribution in [2.24, 2.45) is 0 Å². The van der Waals surface area contributed by atoms with Crippen molar-refractivity contribution >= 4 is 32.2 Å². The van der Waals surface area contributed by atoms with Crippen LogP contribution in [0.2, 0.25) is 0 Å². The van der Waals surface area contributed by atoms with Gasteiger partial charge in [0.25, 0.3) is 5.91 Å². The van der Waals surface area contributed by atoms with Crippen molar-refractivity contribution in [3.05, 3.63) is 64.5 Å². The van der Waals surface area contributed by atoms with Gasteiger partial charge in [0, 0.05) is 16.5 Å². The molecule has 0 aliphatic rings. The summed E-state index contributed by atoms with van der Waals surface area (Å²) in [5.74, 6) is -0.324. The van der Waals surface area contributed by atoms with Crippen molar-refractivity contribution < 1.29 is 13.2 Å². The first kappa shape index (κ1) is 20.2. The highest BCUT2D eigenvalue weighted by atomic mass is 32.2. The molecule has 0 radical (unpaired) electrons. The van der Waals surface area contributed by atoms with Gasteiger partial charge in [-0.25, -0.2) is 13.4 Å². The van der Waals surface area contributed by atoms with Crippen LogP contribution in [0.4, 0.5) is 5.13 Å². The largest absolute Gasteiger partial charge is 0.298 e. The number of aryl methyl sites for hydroxylation is 2. The van der Waals surface area contributed by atoms with Crippen LogP contribution in [0.5, 0.6) is 0 Å². The van der Waals surface area contributed by atoms with E-state index in [4.69, 9.17) is 0 Å². The summed E-state index contributed by atoms with van der Waals surface area (Å²) in [6.45, 7) is 7.32. The highest BCUT2D eigenvalue weighted by molar-refractivity contribution is 7.92. The third-order valence-electron chi connectivity index (χ3n) is 4.46. The molecule has 146 valence electrons. The molecule has 0 fully saturated rings. The number of anilines is 1. The van der Waals surface area contributed by atoms with Crippen LogP contribution in [0.3, 0.4) is 0 Å². The number of rotatable bonds is 5. The van der Waals surface area contributed by atoms with Crippen molar-refractivity contribution in [3.8, 4) is 11.3 Å². The van der Waals surface area contributed by atoms with Crippen molar-refractivity contribution in [2.45, 2.75) is 37.8 Å². The smallest absolute Gasteiger partial charge is 0.257 e. The number of thiazole rings is 1. The molecular weight excluding hydrogens is 392 g/mol. The predicted octanol–water partition coefficient (Wildman–Crippen LogP) is 4.86. The van der Waals surface area contributed by atoms with E-state index >= 15 is 0 Å². The van der Waals surface area contributed by atoms with Gasteiger partial charge in [-0.15, -0.1) is 11.3 Å². The molecule has 0 unspecified atom stereocenters. The Kier molecular flexibility index (Phi) is 5.67. The second-order valence-electron chi connectivity index (χ2n) is 6.93. The number of benzene rings is 2. The van der Waals surface area contributed by atoms with Gasteiger partial charge in [-0.05, 0) is 63.6 Å². The molecule has 0 aliphatic heterocycles. The SMILES string of the molecule is Cc1ccc(C)c(-c2csc(NC(=O)c3ccc(S(=O)(=O)C(C)C)cc3)n2)c1. The number of hydrogen-bond donors (Lipinski definition) is 1. The molecule has 3 aromatic rings. The monoisotopic (exact) mass is 414 g/mol. The molecule has 0 spiro atoms. The maximum absolute atomic E-state index is 12.5. The summed E-state index contributed by atoms with van der Waals surface area (Å²) in [7, 11) is -3.36. The van der Waals surface area contributed by atoms with Crippen molar-refractivity contribution in [1.82, 2.24) is 4.98 Å². The summed E-state index contributed by atoms with van der Waals surface area (Å²) >= 11 is 1.35. The fraction of sp³-hybridized carbons (Fsp3) is 0.238. The molecule has 0 bridgehead atoms. The number of aromatic nitrogens is 1. The van der Waals surface area contributed by atoms with Crippen LogP contribution in [0.15, 0.2) is 52.7 Å². The van der Waals surface area contributed by atoms with Gasteiger partial charge in [0.2, 0.25) is 0 Å². The third-order valence-corrected chi connectivity index (χ3v) is 7.39. The number of carbonyl (C=O) groups excluding carboxylic acids is 1. The second kappa shape index (κ2) is 7.85. The van der Waals surface area contributed by atoms with E-state index in [9.17, 15) is 13.2 Å². The first-order valence-electron chi connectivity index (χ1n) is 8.87. The predicted molar refractivity (Wildman–Crippen MR) is 114 cm³/mol. The van der Waals surface area contributed by atoms with E-state index in [2.05, 4.69) is 28.5 Å². The average Bonchev–Trinajstić information content (AvgIpc) is 3.11. The fourth-order valence-corrected chi connectivity index (χ4v) is 4.47. The maximum Gasteiger partial charge on any atom is 0.257 e. The quantitative estimate of drug-likeness (QED) is 0.647. The molecule has 0 atom stereocenters. The zero-order valence-corrected chi connectivity index (χ0v) is 17.8. The van der Waals surface area contributed by atoms with Crippen LogP contribution in [0.25, 0.3) is 11.3 Å². The molecule has 0 saturated heterocycles. The van der Waals surface area contributed by atoms with E-state index in [0.29, 0.717) is 10.7 Å². The molecule has 5 nitrogen and oxygen atoms in total. The molecule has 1 amide bonds. The van der Waals surface area contributed by atoms with E-state index < -0.39 is 15.1 Å². The normalized spacial score (nSPS) is 11.6. The Labute approximate surface area is 169 Å². The molecule has 1 aromatic heterocycles. The van der Waals surface area contributed by atoms with Crippen LogP contribution in [-0.4, -0.2) is 24.6 Å². The topological polar surface area (TPSA) is 76.1 Å². The van der Waals surface area contributed by atoms with Crippen LogP contribution in [0.1, 0.15) is 35.3 Å². The minimum absolute atomic E-state index is 0.213. The molecule has 0 saturated carbocycles. The van der Waals surface area contributed by atoms with Gasteiger partial charge in [0.05, 0.1) is 15.8 Å². The summed E-state index contributed by atoms with van der Waals surface area (Å²) in [5.41, 5.74) is 4.51. The van der Waals surface area contributed by atoms with E-state index in [1.807, 2.05) is 19.2 Å². The molecule has 1 heterocycles. The summed E-state index contributed by atoms with van der Waals surface area (Å²) in [4.78, 5) is 17.2. The first-order valence-corrected chi connectivity index (χ1v) is 11.3. The number of nitrogens with zero attached hydrogens (tertiary/aromatic N) is 1. The second-order valence-corrected chi connectivity index (χ2v) is 10.3. The number of carbonyl (C=O) groups is 1. The lowest BCUT2D eigenvalue weighted by atomic mass is 10.0. The van der Waals surface area contributed by atoms with Crippen molar-refractivity contribution in [1.29, 1.82) is 0 Å². The van der Waals surface area contributed by atoms with E-state index in [-0.39, 0.29) is 10.8 Å². The lowest BCUT2D eigenvalue weighted by molar-refractivity contribution is 0.102. The third kappa shape index (κ3) is 4.15. The summed E-state index contributed by atoms with van der Waals surface area (Å²) in [6.07, 6.45) is 0. The summed E-state index contributed by atoms with van der Waals surface area (Å²) in [5, 5.41) is 4.69. The van der Waals surface area contributed by atoms with Gasteiger partial charge in [0.15, 0.2) is 15.0 Å². The first-order chi connectivity index (χ1) is 13.2. The molecule has 2 aromatic carbocycles.